The Morgan fingerprint density at radius 2 is 1.82 bits per heavy atom. The molecule has 0 bridgehead atoms. The number of thiazole rings is 1. The molecule has 0 aliphatic heterocycles. The summed E-state index contributed by atoms with van der Waals surface area (Å²) in [6.07, 6.45) is 0.933. The molecular weight excluding hydrogens is 376 g/mol. The predicted octanol–water partition coefficient (Wildman–Crippen LogP) is 3.25. The number of aromatic nitrogens is 1. The normalized spacial score (nSPS) is 10.4. The lowest BCUT2D eigenvalue weighted by atomic mass is 10.2. The minimum absolute atomic E-state index is 0.00349. The van der Waals surface area contributed by atoms with Crippen molar-refractivity contribution in [1.82, 2.24) is 9.88 Å². The molecule has 2 amide bonds. The molecule has 0 spiro atoms. The topological polar surface area (TPSA) is 91.4 Å². The molecule has 0 radical (unpaired) electrons. The zero-order valence-corrected chi connectivity index (χ0v) is 17.5. The van der Waals surface area contributed by atoms with Crippen molar-refractivity contribution in [3.05, 3.63) is 40.4 Å². The monoisotopic (exact) mass is 402 g/mol. The van der Waals surface area contributed by atoms with E-state index in [1.807, 2.05) is 31.2 Å². The van der Waals surface area contributed by atoms with Gasteiger partial charge in [-0.1, -0.05) is 29.0 Å². The molecule has 0 saturated heterocycles. The molecule has 1 heterocycles. The number of hydrogen-bond acceptors (Lipinski definition) is 6. The van der Waals surface area contributed by atoms with Crippen LogP contribution in [-0.4, -0.2) is 47.6 Å². The Labute approximate surface area is 169 Å². The molecule has 2 rings (SSSR count). The molecule has 2 N–H and O–H groups in total. The maximum atomic E-state index is 12.2. The quantitative estimate of drug-likeness (QED) is 0.496. The van der Waals surface area contributed by atoms with Crippen LogP contribution < -0.4 is 10.6 Å². The number of ketones is 1. The van der Waals surface area contributed by atoms with E-state index < -0.39 is 0 Å². The summed E-state index contributed by atoms with van der Waals surface area (Å²) < 4.78 is 0. The molecule has 7 nitrogen and oxygen atoms in total. The Morgan fingerprint density at radius 1 is 1.14 bits per heavy atom. The highest BCUT2D eigenvalue weighted by atomic mass is 32.1. The number of carbonyl (C=O) groups excluding carboxylic acids is 3. The van der Waals surface area contributed by atoms with Crippen molar-refractivity contribution in [3.63, 3.8) is 0 Å². The van der Waals surface area contributed by atoms with Crippen LogP contribution in [0.25, 0.3) is 0 Å². The van der Waals surface area contributed by atoms with Crippen molar-refractivity contribution in [2.24, 2.45) is 0 Å². The van der Waals surface area contributed by atoms with Crippen LogP contribution in [-0.2, 0) is 9.59 Å². The molecule has 0 unspecified atom stereocenters. The highest BCUT2D eigenvalue weighted by Gasteiger charge is 2.14. The molecule has 0 atom stereocenters. The number of likely N-dealkylation sites (N-methyl/N-ethyl adjacent to an activating group) is 1. The van der Waals surface area contributed by atoms with Gasteiger partial charge < -0.3 is 15.5 Å². The average Bonchev–Trinajstić information content (AvgIpc) is 3.01. The van der Waals surface area contributed by atoms with Crippen molar-refractivity contribution in [2.45, 2.75) is 33.6 Å². The molecule has 150 valence electrons. The molecular formula is C20H26N4O3S. The van der Waals surface area contributed by atoms with Gasteiger partial charge in [0.1, 0.15) is 0 Å². The number of carbonyl (C=O) groups is 3. The van der Waals surface area contributed by atoms with Crippen LogP contribution in [0.3, 0.4) is 0 Å². The Kier molecular flexibility index (Phi) is 7.69. The SMILES string of the molecule is CC(=O)c1sc(NCCCC(=O)N(C)CC(=O)Nc2ccc(C)cc2)nc1C. The number of anilines is 2. The van der Waals surface area contributed by atoms with Crippen molar-refractivity contribution >= 4 is 39.8 Å². The van der Waals surface area contributed by atoms with Crippen LogP contribution in [0.1, 0.15) is 40.7 Å². The summed E-state index contributed by atoms with van der Waals surface area (Å²) in [6, 6.07) is 7.50. The predicted molar refractivity (Wildman–Crippen MR) is 112 cm³/mol. The third kappa shape index (κ3) is 6.45. The van der Waals surface area contributed by atoms with Gasteiger partial charge in [0.05, 0.1) is 17.1 Å². The fourth-order valence-corrected chi connectivity index (χ4v) is 3.45. The number of nitrogens with one attached hydrogen (secondary N) is 2. The van der Waals surface area contributed by atoms with Gasteiger partial charge in [0.15, 0.2) is 10.9 Å². The molecule has 0 saturated carbocycles. The van der Waals surface area contributed by atoms with E-state index in [1.54, 1.807) is 14.0 Å². The zero-order valence-electron chi connectivity index (χ0n) is 16.7. The third-order valence-electron chi connectivity index (χ3n) is 4.10. The number of aryl methyl sites for hydroxylation is 2. The van der Waals surface area contributed by atoms with Gasteiger partial charge in [-0.15, -0.1) is 0 Å². The smallest absolute Gasteiger partial charge is 0.243 e. The molecule has 0 aliphatic carbocycles. The first-order valence-electron chi connectivity index (χ1n) is 9.09. The Balaban J connectivity index is 1.70. The Hall–Kier alpha value is -2.74. The highest BCUT2D eigenvalue weighted by molar-refractivity contribution is 7.17. The van der Waals surface area contributed by atoms with E-state index in [0.717, 1.165) is 11.3 Å². The second kappa shape index (κ2) is 9.98. The van der Waals surface area contributed by atoms with Crippen LogP contribution >= 0.6 is 11.3 Å². The minimum atomic E-state index is -0.229. The Morgan fingerprint density at radius 3 is 2.43 bits per heavy atom. The largest absolute Gasteiger partial charge is 0.361 e. The van der Waals surface area contributed by atoms with Crippen molar-refractivity contribution in [2.75, 3.05) is 30.8 Å². The molecule has 2 aromatic rings. The molecule has 1 aromatic heterocycles. The van der Waals surface area contributed by atoms with Gasteiger partial charge >= 0.3 is 0 Å². The standard InChI is InChI=1S/C20H26N4O3S/c1-13-7-9-16(10-8-13)23-17(26)12-24(4)18(27)6-5-11-21-20-22-14(2)19(28-20)15(3)25/h7-10H,5-6,11-12H2,1-4H3,(H,21,22)(H,23,26). The van der Waals surface area contributed by atoms with E-state index in [9.17, 15) is 14.4 Å². The average molecular weight is 403 g/mol. The van der Waals surface area contributed by atoms with E-state index in [4.69, 9.17) is 0 Å². The molecule has 0 aliphatic rings. The van der Waals surface area contributed by atoms with E-state index in [-0.39, 0.29) is 24.1 Å². The van der Waals surface area contributed by atoms with Crippen LogP contribution in [0.5, 0.6) is 0 Å². The van der Waals surface area contributed by atoms with Crippen LogP contribution in [0.2, 0.25) is 0 Å². The molecule has 28 heavy (non-hydrogen) atoms. The number of nitrogens with zero attached hydrogens (tertiary/aromatic N) is 2. The van der Waals surface area contributed by atoms with E-state index in [0.29, 0.717) is 35.1 Å². The van der Waals surface area contributed by atoms with Crippen molar-refractivity contribution in [3.8, 4) is 0 Å². The molecule has 1 aromatic carbocycles. The van der Waals surface area contributed by atoms with E-state index in [1.165, 1.54) is 23.2 Å². The number of amides is 2. The molecule has 0 fully saturated rings. The lowest BCUT2D eigenvalue weighted by molar-refractivity contribution is -0.133. The summed E-state index contributed by atoms with van der Waals surface area (Å²) in [4.78, 5) is 42.1. The van der Waals surface area contributed by atoms with E-state index >= 15 is 0 Å². The van der Waals surface area contributed by atoms with Crippen LogP contribution in [0.4, 0.5) is 10.8 Å². The number of hydrogen-bond donors (Lipinski definition) is 2. The summed E-state index contributed by atoms with van der Waals surface area (Å²) in [5, 5.41) is 6.60. The van der Waals surface area contributed by atoms with Gasteiger partial charge in [-0.05, 0) is 32.4 Å². The summed E-state index contributed by atoms with van der Waals surface area (Å²) in [7, 11) is 1.62. The summed E-state index contributed by atoms with van der Waals surface area (Å²) in [6.45, 7) is 5.88. The van der Waals surface area contributed by atoms with Gasteiger partial charge in [0, 0.05) is 32.6 Å². The molecule has 8 heteroatoms. The van der Waals surface area contributed by atoms with Gasteiger partial charge in [-0.3, -0.25) is 14.4 Å². The Bertz CT molecular complexity index is 846. The number of benzene rings is 1. The second-order valence-electron chi connectivity index (χ2n) is 6.68. The third-order valence-corrected chi connectivity index (χ3v) is 5.32. The number of rotatable bonds is 9. The fraction of sp³-hybridized carbons (Fsp3) is 0.400. The van der Waals surface area contributed by atoms with Gasteiger partial charge in [-0.25, -0.2) is 4.98 Å². The van der Waals surface area contributed by atoms with Crippen LogP contribution in [0.15, 0.2) is 24.3 Å². The fourth-order valence-electron chi connectivity index (χ4n) is 2.57. The number of Topliss-reactive ketones (excluding diaryl/α,β-unsaturated/α-hetero) is 1. The summed E-state index contributed by atoms with van der Waals surface area (Å²) in [5.74, 6) is -0.322. The first kappa shape index (κ1) is 21.6. The van der Waals surface area contributed by atoms with Gasteiger partial charge in [0.2, 0.25) is 11.8 Å². The minimum Gasteiger partial charge on any atom is -0.361 e. The van der Waals surface area contributed by atoms with Crippen LogP contribution in [0, 0.1) is 13.8 Å². The lowest BCUT2D eigenvalue weighted by Gasteiger charge is -2.17. The highest BCUT2D eigenvalue weighted by Crippen LogP contribution is 2.22. The summed E-state index contributed by atoms with van der Waals surface area (Å²) >= 11 is 1.32. The first-order valence-corrected chi connectivity index (χ1v) is 9.90. The lowest BCUT2D eigenvalue weighted by Crippen LogP contribution is -2.35. The maximum Gasteiger partial charge on any atom is 0.243 e. The van der Waals surface area contributed by atoms with Crippen molar-refractivity contribution < 1.29 is 14.4 Å². The van der Waals surface area contributed by atoms with E-state index in [2.05, 4.69) is 15.6 Å². The van der Waals surface area contributed by atoms with Gasteiger partial charge in [0.25, 0.3) is 0 Å². The second-order valence-corrected chi connectivity index (χ2v) is 7.68. The van der Waals surface area contributed by atoms with Crippen molar-refractivity contribution in [1.29, 1.82) is 0 Å². The first-order chi connectivity index (χ1) is 13.3. The summed E-state index contributed by atoms with van der Waals surface area (Å²) in [5.41, 5.74) is 2.55. The zero-order chi connectivity index (χ0) is 20.7. The van der Waals surface area contributed by atoms with Gasteiger partial charge in [-0.2, -0.15) is 0 Å². The maximum absolute atomic E-state index is 12.2.